The van der Waals surface area contributed by atoms with Gasteiger partial charge >= 0.3 is 0 Å². The third-order valence-corrected chi connectivity index (χ3v) is 14.7. The van der Waals surface area contributed by atoms with E-state index in [0.29, 0.717) is 16.9 Å². The molecule has 7 unspecified atom stereocenters. The topological polar surface area (TPSA) is 21.7 Å². The first kappa shape index (κ1) is 43.8. The lowest BCUT2D eigenvalue weighted by Gasteiger charge is -2.55. The van der Waals surface area contributed by atoms with Crippen molar-refractivity contribution in [2.45, 2.75) is 196 Å². The maximum Gasteiger partial charge on any atom is 0.102 e. The van der Waals surface area contributed by atoms with Crippen molar-refractivity contribution >= 4 is 0 Å². The zero-order valence-electron chi connectivity index (χ0n) is 36.2. The summed E-state index contributed by atoms with van der Waals surface area (Å²) in [6, 6.07) is 0. The maximum atomic E-state index is 6.59. The van der Waals surface area contributed by atoms with Gasteiger partial charge in [0.1, 0.15) is 6.10 Å². The number of hydrogen-bond donors (Lipinski definition) is 0. The van der Waals surface area contributed by atoms with E-state index in [1.807, 2.05) is 5.57 Å². The number of hydrogen-bond acceptors (Lipinski definition) is 3. The molecule has 302 valence electrons. The molecule has 0 aromatic heterocycles. The molecule has 3 saturated carbocycles. The van der Waals surface area contributed by atoms with Crippen LogP contribution in [0.1, 0.15) is 190 Å². The van der Waals surface area contributed by atoms with Crippen molar-refractivity contribution in [1.29, 1.82) is 0 Å². The summed E-state index contributed by atoms with van der Waals surface area (Å²) in [5.41, 5.74) is 5.53. The Morgan fingerprint density at radius 1 is 0.774 bits per heavy atom. The predicted molar refractivity (Wildman–Crippen MR) is 230 cm³/mol. The maximum absolute atomic E-state index is 6.59. The minimum atomic E-state index is 0.301. The standard InChI is InChI=1S/C50H85NO2/c1-11-12-36-52-41(7)24-17-13-15-19-34-51(39(4)5)35-20-16-14-18-25-42(8)53-44-30-32-49(9)43(37-44)26-27-45-47-29-28-46(40(6)23-21-22-38(2)3)50(47,10)33-31-48(45)49/h26-27,38,40,44,46-48H,4,7-8,11-25,28-37H2,1-3,5-6,9-10H3. The molecule has 0 heterocycles. The number of rotatable bonds is 26. The molecule has 53 heavy (non-hydrogen) atoms. The van der Waals surface area contributed by atoms with Crippen molar-refractivity contribution in [2.24, 2.45) is 40.4 Å². The van der Waals surface area contributed by atoms with Crippen molar-refractivity contribution in [3.05, 3.63) is 60.3 Å². The highest BCUT2D eigenvalue weighted by molar-refractivity contribution is 5.39. The molecule has 0 radical (unpaired) electrons. The summed E-state index contributed by atoms with van der Waals surface area (Å²) in [6.07, 6.45) is 33.1. The van der Waals surface area contributed by atoms with Gasteiger partial charge in [-0.2, -0.15) is 0 Å². The summed E-state index contributed by atoms with van der Waals surface area (Å²) in [5, 5.41) is 0. The number of unbranched alkanes of at least 4 members (excludes halogenated alkanes) is 7. The second kappa shape index (κ2) is 21.4. The molecule has 3 fully saturated rings. The molecule has 4 aliphatic carbocycles. The second-order valence-electron chi connectivity index (χ2n) is 19.2. The zero-order chi connectivity index (χ0) is 38.4. The number of ether oxygens (including phenoxy) is 2. The molecule has 0 N–H and O–H groups in total. The third kappa shape index (κ3) is 12.3. The predicted octanol–water partition coefficient (Wildman–Crippen LogP) is 14.9. The van der Waals surface area contributed by atoms with Crippen molar-refractivity contribution in [2.75, 3.05) is 19.7 Å². The Labute approximate surface area is 329 Å². The van der Waals surface area contributed by atoms with Crippen molar-refractivity contribution in [1.82, 2.24) is 4.90 Å². The molecule has 0 aromatic rings. The minimum Gasteiger partial charge on any atom is -0.499 e. The van der Waals surface area contributed by atoms with Crippen LogP contribution >= 0.6 is 0 Å². The van der Waals surface area contributed by atoms with Crippen LogP contribution in [0, 0.1) is 40.4 Å². The fourth-order valence-electron chi connectivity index (χ4n) is 11.3. The summed E-state index contributed by atoms with van der Waals surface area (Å²) in [6.45, 7) is 32.8. The Morgan fingerprint density at radius 2 is 1.45 bits per heavy atom. The molecule has 0 amide bonds. The molecule has 0 spiro atoms. The lowest BCUT2D eigenvalue weighted by molar-refractivity contribution is 0.0219. The molecular weight excluding hydrogens is 647 g/mol. The van der Waals surface area contributed by atoms with Crippen molar-refractivity contribution < 1.29 is 9.47 Å². The van der Waals surface area contributed by atoms with E-state index < -0.39 is 0 Å². The van der Waals surface area contributed by atoms with Crippen molar-refractivity contribution in [3.8, 4) is 0 Å². The highest BCUT2D eigenvalue weighted by Crippen LogP contribution is 2.66. The van der Waals surface area contributed by atoms with Crippen LogP contribution in [0.2, 0.25) is 0 Å². The highest BCUT2D eigenvalue weighted by atomic mass is 16.5. The lowest BCUT2D eigenvalue weighted by Crippen LogP contribution is -2.46. The Bertz CT molecular complexity index is 1230. The van der Waals surface area contributed by atoms with Gasteiger partial charge in [-0.1, -0.05) is 136 Å². The normalized spacial score (nSPS) is 28.3. The Balaban J connectivity index is 1.12. The van der Waals surface area contributed by atoms with E-state index in [-0.39, 0.29) is 0 Å². The number of nitrogens with zero attached hydrogens (tertiary/aromatic N) is 1. The fraction of sp³-hybridized carbons (Fsp3) is 0.800. The average Bonchev–Trinajstić information content (AvgIpc) is 3.47. The molecule has 3 heteroatoms. The Kier molecular flexibility index (Phi) is 17.7. The SMILES string of the molecule is C=C(CCCCCCN(CCCCCCC(=C)OC1CCC2(C)C(=CC=C3C2CCC2(C)C3CCC2C(C)CCCC(C)C)C1)C(=C)C)OCCCC. The van der Waals surface area contributed by atoms with E-state index in [1.165, 1.54) is 121 Å². The summed E-state index contributed by atoms with van der Waals surface area (Å²) in [5.74, 6) is 6.12. The molecule has 0 bridgehead atoms. The molecule has 4 aliphatic rings. The lowest BCUT2D eigenvalue weighted by atomic mass is 9.50. The van der Waals surface area contributed by atoms with E-state index in [1.54, 1.807) is 5.57 Å². The van der Waals surface area contributed by atoms with Crippen LogP contribution < -0.4 is 0 Å². The van der Waals surface area contributed by atoms with E-state index in [2.05, 4.69) is 85.3 Å². The van der Waals surface area contributed by atoms with Crippen LogP contribution in [0.4, 0.5) is 0 Å². The molecule has 0 saturated heterocycles. The van der Waals surface area contributed by atoms with Crippen LogP contribution in [0.25, 0.3) is 0 Å². The molecule has 0 aliphatic heterocycles. The third-order valence-electron chi connectivity index (χ3n) is 14.7. The molecule has 0 aromatic carbocycles. The van der Waals surface area contributed by atoms with Crippen LogP contribution in [0.3, 0.4) is 0 Å². The molecule has 4 rings (SSSR count). The first-order valence-electron chi connectivity index (χ1n) is 22.9. The Hall–Kier alpha value is -1.90. The smallest absolute Gasteiger partial charge is 0.102 e. The van der Waals surface area contributed by atoms with Gasteiger partial charge in [-0.15, -0.1) is 0 Å². The summed E-state index contributed by atoms with van der Waals surface area (Å²) in [7, 11) is 0. The first-order valence-corrected chi connectivity index (χ1v) is 22.9. The monoisotopic (exact) mass is 732 g/mol. The van der Waals surface area contributed by atoms with Gasteiger partial charge in [0.2, 0.25) is 0 Å². The van der Waals surface area contributed by atoms with Crippen molar-refractivity contribution in [3.63, 3.8) is 0 Å². The van der Waals surface area contributed by atoms with Gasteiger partial charge in [0, 0.05) is 38.0 Å². The molecular formula is C50H85NO2. The van der Waals surface area contributed by atoms with E-state index in [0.717, 1.165) is 86.5 Å². The zero-order valence-corrected chi connectivity index (χ0v) is 36.2. The van der Waals surface area contributed by atoms with E-state index in [4.69, 9.17) is 9.47 Å². The first-order chi connectivity index (χ1) is 25.4. The van der Waals surface area contributed by atoms with Crippen LogP contribution in [-0.2, 0) is 9.47 Å². The minimum absolute atomic E-state index is 0.301. The summed E-state index contributed by atoms with van der Waals surface area (Å²) < 4.78 is 12.3. The highest BCUT2D eigenvalue weighted by Gasteiger charge is 2.57. The van der Waals surface area contributed by atoms with Gasteiger partial charge in [-0.25, -0.2) is 0 Å². The average molecular weight is 732 g/mol. The number of allylic oxidation sites excluding steroid dienone is 6. The van der Waals surface area contributed by atoms with Crippen LogP contribution in [0.15, 0.2) is 60.3 Å². The van der Waals surface area contributed by atoms with Gasteiger partial charge in [0.25, 0.3) is 0 Å². The van der Waals surface area contributed by atoms with Gasteiger partial charge in [-0.05, 0) is 118 Å². The summed E-state index contributed by atoms with van der Waals surface area (Å²) in [4.78, 5) is 2.50. The van der Waals surface area contributed by atoms with Gasteiger partial charge in [-0.3, -0.25) is 0 Å². The number of fused-ring (bicyclic) bond motifs is 5. The summed E-state index contributed by atoms with van der Waals surface area (Å²) >= 11 is 0. The van der Waals surface area contributed by atoms with Gasteiger partial charge in [0.15, 0.2) is 0 Å². The van der Waals surface area contributed by atoms with E-state index in [9.17, 15) is 0 Å². The molecule has 7 atom stereocenters. The largest absolute Gasteiger partial charge is 0.499 e. The van der Waals surface area contributed by atoms with Gasteiger partial charge < -0.3 is 14.4 Å². The molecule has 3 nitrogen and oxygen atoms in total. The fourth-order valence-corrected chi connectivity index (χ4v) is 11.3. The second-order valence-corrected chi connectivity index (χ2v) is 19.2. The van der Waals surface area contributed by atoms with Crippen LogP contribution in [0.5, 0.6) is 0 Å². The quantitative estimate of drug-likeness (QED) is 0.0653. The van der Waals surface area contributed by atoms with Gasteiger partial charge in [0.05, 0.1) is 18.1 Å². The Morgan fingerprint density at radius 3 is 2.11 bits per heavy atom. The van der Waals surface area contributed by atoms with E-state index >= 15 is 0 Å². The van der Waals surface area contributed by atoms with Crippen LogP contribution in [-0.4, -0.2) is 30.7 Å².